The Morgan fingerprint density at radius 1 is 0.552 bits per heavy atom. The minimum Gasteiger partial charge on any atom is -0.491 e. The van der Waals surface area contributed by atoms with Crippen molar-refractivity contribution in [2.75, 3.05) is 26.4 Å². The zero-order valence-corrected chi connectivity index (χ0v) is 15.9. The second-order valence-electron chi connectivity index (χ2n) is 6.26. The Bertz CT molecular complexity index is 941. The van der Waals surface area contributed by atoms with Gasteiger partial charge in [-0.15, -0.1) is 0 Å². The first-order valence-electron chi connectivity index (χ1n) is 9.45. The van der Waals surface area contributed by atoms with Crippen molar-refractivity contribution in [3.8, 4) is 11.5 Å². The lowest BCUT2D eigenvalue weighted by Crippen LogP contribution is -2.13. The van der Waals surface area contributed by atoms with E-state index in [1.807, 2.05) is 66.7 Å². The molecule has 29 heavy (non-hydrogen) atoms. The summed E-state index contributed by atoms with van der Waals surface area (Å²) >= 11 is 0. The molecule has 2 heterocycles. The van der Waals surface area contributed by atoms with Gasteiger partial charge in [-0.2, -0.15) is 0 Å². The topological polar surface area (TPSA) is 65.3 Å². The van der Waals surface area contributed by atoms with Crippen LogP contribution in [-0.2, 0) is 4.74 Å². The Morgan fingerprint density at radius 2 is 1.07 bits per heavy atom. The van der Waals surface area contributed by atoms with Gasteiger partial charge in [-0.3, -0.25) is 0 Å². The number of nitrogens with zero attached hydrogens (tertiary/aromatic N) is 3. The lowest BCUT2D eigenvalue weighted by Gasteiger charge is -2.11. The van der Waals surface area contributed by atoms with Gasteiger partial charge in [0, 0.05) is 23.6 Å². The van der Waals surface area contributed by atoms with Crippen LogP contribution < -0.4 is 9.47 Å². The quantitative estimate of drug-likeness (QED) is 0.574. The van der Waals surface area contributed by atoms with E-state index in [0.29, 0.717) is 38.1 Å². The van der Waals surface area contributed by atoms with Gasteiger partial charge in [0.05, 0.1) is 13.2 Å². The van der Waals surface area contributed by atoms with Gasteiger partial charge in [-0.1, -0.05) is 30.3 Å². The molecule has 0 saturated heterocycles. The van der Waals surface area contributed by atoms with Crippen molar-refractivity contribution in [2.24, 2.45) is 9.98 Å². The van der Waals surface area contributed by atoms with E-state index in [1.165, 1.54) is 0 Å². The van der Waals surface area contributed by atoms with E-state index in [0.717, 1.165) is 22.6 Å². The molecule has 0 spiro atoms. The predicted octanol–water partition coefficient (Wildman–Crippen LogP) is 4.37. The van der Waals surface area contributed by atoms with Gasteiger partial charge in [0.15, 0.2) is 11.6 Å². The lowest BCUT2D eigenvalue weighted by atomic mass is 10.2. The summed E-state index contributed by atoms with van der Waals surface area (Å²) < 4.78 is 17.3. The maximum Gasteiger partial charge on any atom is 0.154 e. The summed E-state index contributed by atoms with van der Waals surface area (Å²) in [6, 6.07) is 21.0. The minimum atomic E-state index is 0.446. The number of fused-ring (bicyclic) bond motifs is 4. The molecule has 2 bridgehead atoms. The maximum absolute atomic E-state index is 5.84. The number of benzene rings is 2. The molecule has 4 rings (SSSR count). The lowest BCUT2D eigenvalue weighted by molar-refractivity contribution is 0.0764. The predicted molar refractivity (Wildman–Crippen MR) is 113 cm³/mol. The first-order valence-corrected chi connectivity index (χ1v) is 9.45. The average Bonchev–Trinajstić information content (AvgIpc) is 2.77. The van der Waals surface area contributed by atoms with Crippen molar-refractivity contribution in [3.05, 3.63) is 77.9 Å². The third-order valence-electron chi connectivity index (χ3n) is 4.20. The van der Waals surface area contributed by atoms with Crippen LogP contribution in [-0.4, -0.2) is 43.8 Å². The molecular formula is C23H21N3O3. The molecule has 0 N–H and O–H groups in total. The largest absolute Gasteiger partial charge is 0.491 e. The molecule has 6 nitrogen and oxygen atoms in total. The fourth-order valence-corrected chi connectivity index (χ4v) is 2.79. The van der Waals surface area contributed by atoms with Gasteiger partial charge >= 0.3 is 0 Å². The van der Waals surface area contributed by atoms with Gasteiger partial charge in [0.1, 0.15) is 24.7 Å². The molecule has 1 aliphatic heterocycles. The molecule has 146 valence electrons. The van der Waals surface area contributed by atoms with E-state index in [-0.39, 0.29) is 0 Å². The molecule has 1 aromatic heterocycles. The highest BCUT2D eigenvalue weighted by Crippen LogP contribution is 2.20. The number of aliphatic imine (C=N–C) groups is 2. The van der Waals surface area contributed by atoms with Crippen LogP contribution in [0.15, 0.2) is 76.7 Å². The van der Waals surface area contributed by atoms with Crippen molar-refractivity contribution in [1.82, 2.24) is 4.98 Å². The van der Waals surface area contributed by atoms with E-state index in [2.05, 4.69) is 15.0 Å². The summed E-state index contributed by atoms with van der Waals surface area (Å²) in [5.74, 6) is 2.65. The SMILES string of the molecule is C1=Nc2cccc(n2)/N=C/c2ccccc2OCCOCCOc2ccccc21. The zero-order chi connectivity index (χ0) is 19.7. The number of hydrogen-bond donors (Lipinski definition) is 0. The van der Waals surface area contributed by atoms with Crippen LogP contribution in [0.5, 0.6) is 11.5 Å². The average molecular weight is 387 g/mol. The molecule has 0 aliphatic carbocycles. The zero-order valence-electron chi connectivity index (χ0n) is 15.9. The Kier molecular flexibility index (Phi) is 6.24. The van der Waals surface area contributed by atoms with E-state index >= 15 is 0 Å². The summed E-state index contributed by atoms with van der Waals surface area (Å²) in [4.78, 5) is 13.4. The van der Waals surface area contributed by atoms with Crippen LogP contribution in [0.25, 0.3) is 0 Å². The molecule has 0 atom stereocenters. The number of para-hydroxylation sites is 2. The number of rotatable bonds is 0. The van der Waals surface area contributed by atoms with Crippen molar-refractivity contribution in [2.45, 2.75) is 0 Å². The number of pyridine rings is 1. The van der Waals surface area contributed by atoms with Crippen LogP contribution in [0.1, 0.15) is 11.1 Å². The van der Waals surface area contributed by atoms with Crippen LogP contribution in [0.2, 0.25) is 0 Å². The first-order chi connectivity index (χ1) is 14.4. The van der Waals surface area contributed by atoms with Gasteiger partial charge in [0.2, 0.25) is 0 Å². The number of aromatic nitrogens is 1. The van der Waals surface area contributed by atoms with Crippen molar-refractivity contribution in [1.29, 1.82) is 0 Å². The Morgan fingerprint density at radius 3 is 1.62 bits per heavy atom. The van der Waals surface area contributed by atoms with Crippen molar-refractivity contribution >= 4 is 24.1 Å². The molecule has 0 fully saturated rings. The second kappa shape index (κ2) is 9.61. The van der Waals surface area contributed by atoms with E-state index in [9.17, 15) is 0 Å². The van der Waals surface area contributed by atoms with E-state index in [4.69, 9.17) is 14.2 Å². The molecule has 6 heteroatoms. The van der Waals surface area contributed by atoms with Gasteiger partial charge < -0.3 is 14.2 Å². The summed E-state index contributed by atoms with van der Waals surface area (Å²) in [6.07, 6.45) is 3.50. The Balaban J connectivity index is 1.64. The van der Waals surface area contributed by atoms with Crippen molar-refractivity contribution < 1.29 is 14.2 Å². The molecule has 0 amide bonds. The summed E-state index contributed by atoms with van der Waals surface area (Å²) in [5.41, 5.74) is 1.75. The monoisotopic (exact) mass is 387 g/mol. The molecule has 1 aliphatic rings. The van der Waals surface area contributed by atoms with E-state index < -0.39 is 0 Å². The summed E-state index contributed by atoms with van der Waals surface area (Å²) in [7, 11) is 0. The summed E-state index contributed by atoms with van der Waals surface area (Å²) in [5, 5.41) is 0. The molecule has 0 radical (unpaired) electrons. The highest BCUT2D eigenvalue weighted by atomic mass is 16.5. The molecule has 3 aromatic rings. The fraction of sp³-hybridized carbons (Fsp3) is 0.174. The number of ether oxygens (including phenoxy) is 3. The normalized spacial score (nSPS) is 15.6. The summed E-state index contributed by atoms with van der Waals surface area (Å²) in [6.45, 7) is 1.84. The standard InChI is InChI=1S/C23H21N3O3/c1-3-8-20-18(6-1)16-24-22-10-5-11-23(26-22)25-17-19-7-2-4-9-21(19)29-15-13-27-12-14-28-20/h1-11,16-17H,12-15H2/b24-16+,25-17?. The van der Waals surface area contributed by atoms with Gasteiger partial charge in [0.25, 0.3) is 0 Å². The molecular weight excluding hydrogens is 366 g/mol. The molecule has 0 unspecified atom stereocenters. The highest BCUT2D eigenvalue weighted by Gasteiger charge is 2.04. The third kappa shape index (κ3) is 5.27. The highest BCUT2D eigenvalue weighted by molar-refractivity contribution is 5.86. The Labute approximate surface area is 169 Å². The third-order valence-corrected chi connectivity index (χ3v) is 4.20. The molecule has 0 saturated carbocycles. The first kappa shape index (κ1) is 18.8. The smallest absolute Gasteiger partial charge is 0.154 e. The maximum atomic E-state index is 5.84. The van der Waals surface area contributed by atoms with Crippen LogP contribution in [0.3, 0.4) is 0 Å². The minimum absolute atomic E-state index is 0.446. The fourth-order valence-electron chi connectivity index (χ4n) is 2.79. The van der Waals surface area contributed by atoms with Crippen LogP contribution in [0.4, 0.5) is 11.6 Å². The number of hydrogen-bond acceptors (Lipinski definition) is 6. The van der Waals surface area contributed by atoms with Gasteiger partial charge in [-0.25, -0.2) is 15.0 Å². The van der Waals surface area contributed by atoms with E-state index in [1.54, 1.807) is 12.4 Å². The molecule has 2 aromatic carbocycles. The second-order valence-corrected chi connectivity index (χ2v) is 6.26. The van der Waals surface area contributed by atoms with Crippen molar-refractivity contribution in [3.63, 3.8) is 0 Å². The van der Waals surface area contributed by atoms with Crippen LogP contribution >= 0.6 is 0 Å². The Hall–Kier alpha value is -3.51. The van der Waals surface area contributed by atoms with Gasteiger partial charge in [-0.05, 0) is 36.4 Å². The van der Waals surface area contributed by atoms with Crippen LogP contribution in [0, 0.1) is 0 Å².